The van der Waals surface area contributed by atoms with Gasteiger partial charge in [0.15, 0.2) is 5.84 Å². The Morgan fingerprint density at radius 2 is 2.10 bits per heavy atom. The van der Waals surface area contributed by atoms with Gasteiger partial charge in [-0.1, -0.05) is 27.2 Å². The average molecular weight is 336 g/mol. The molecule has 0 fully saturated rings. The molecule has 2 rings (SSSR count). The summed E-state index contributed by atoms with van der Waals surface area (Å²) in [5.41, 5.74) is 7.81. The smallest absolute Gasteiger partial charge is 0.230 e. The number of aryl methyl sites for hydroxylation is 2. The predicted octanol–water partition coefficient (Wildman–Crippen LogP) is 3.35. The molecule has 5 nitrogen and oxygen atoms in total. The van der Waals surface area contributed by atoms with E-state index in [4.69, 9.17) is 15.7 Å². The number of benzene rings is 1. The lowest BCUT2D eigenvalue weighted by atomic mass is 10.1. The summed E-state index contributed by atoms with van der Waals surface area (Å²) in [6.45, 7) is 3.71. The number of oxime groups is 1. The number of hydrogen-bond acceptors (Lipinski definition) is 4. The summed E-state index contributed by atoms with van der Waals surface area (Å²) in [7, 11) is 0. The second-order valence-corrected chi connectivity index (χ2v) is 5.22. The summed E-state index contributed by atoms with van der Waals surface area (Å²) < 4.78 is 6.66. The molecule has 0 unspecified atom stereocenters. The third-order valence-electron chi connectivity index (χ3n) is 2.69. The first-order chi connectivity index (χ1) is 9.51. The fourth-order valence-corrected chi connectivity index (χ4v) is 2.26. The van der Waals surface area contributed by atoms with E-state index in [2.05, 4.69) is 26.1 Å². The fraction of sp³-hybridized carbons (Fsp3) is 0.143. The normalized spacial score (nSPS) is 11.4. The Labute approximate surface area is 125 Å². The maximum Gasteiger partial charge on any atom is 0.230 e. The van der Waals surface area contributed by atoms with Crippen molar-refractivity contribution in [3.63, 3.8) is 0 Å². The van der Waals surface area contributed by atoms with Crippen LogP contribution in [0.15, 0.2) is 40.0 Å². The van der Waals surface area contributed by atoms with Crippen molar-refractivity contribution in [1.29, 1.82) is 0 Å². The highest BCUT2D eigenvalue weighted by atomic mass is 79.9. The van der Waals surface area contributed by atoms with Gasteiger partial charge in [-0.05, 0) is 43.7 Å². The highest BCUT2D eigenvalue weighted by Crippen LogP contribution is 2.27. The van der Waals surface area contributed by atoms with Crippen molar-refractivity contribution in [1.82, 2.24) is 4.98 Å². The van der Waals surface area contributed by atoms with Crippen molar-refractivity contribution >= 4 is 21.8 Å². The Hall–Kier alpha value is -2.08. The minimum absolute atomic E-state index is 0.0278. The van der Waals surface area contributed by atoms with Gasteiger partial charge in [0, 0.05) is 10.2 Å². The molecule has 6 heteroatoms. The Bertz CT molecular complexity index is 671. The van der Waals surface area contributed by atoms with E-state index in [9.17, 15) is 0 Å². The van der Waals surface area contributed by atoms with E-state index in [1.807, 2.05) is 38.1 Å². The van der Waals surface area contributed by atoms with E-state index in [1.165, 1.54) is 0 Å². The van der Waals surface area contributed by atoms with Crippen molar-refractivity contribution in [2.75, 3.05) is 0 Å². The number of ether oxygens (including phenoxy) is 1. The van der Waals surface area contributed by atoms with Gasteiger partial charge in [-0.15, -0.1) is 0 Å². The van der Waals surface area contributed by atoms with Crippen LogP contribution in [0.4, 0.5) is 0 Å². The Balaban J connectivity index is 2.50. The van der Waals surface area contributed by atoms with Crippen LogP contribution in [0.1, 0.15) is 16.8 Å². The largest absolute Gasteiger partial charge is 0.438 e. The minimum Gasteiger partial charge on any atom is -0.438 e. The molecular formula is C14H14BrN3O2. The summed E-state index contributed by atoms with van der Waals surface area (Å²) >= 11 is 3.38. The van der Waals surface area contributed by atoms with Gasteiger partial charge in [0.1, 0.15) is 5.75 Å². The maximum atomic E-state index is 8.89. The molecule has 0 atom stereocenters. The van der Waals surface area contributed by atoms with Crippen LogP contribution < -0.4 is 10.5 Å². The summed E-state index contributed by atoms with van der Waals surface area (Å²) in [4.78, 5) is 4.32. The topological polar surface area (TPSA) is 80.7 Å². The molecule has 0 aliphatic carbocycles. The molecular weight excluding hydrogens is 322 g/mol. The lowest BCUT2D eigenvalue weighted by molar-refractivity contribution is 0.318. The Morgan fingerprint density at radius 1 is 1.35 bits per heavy atom. The third kappa shape index (κ3) is 3.08. The van der Waals surface area contributed by atoms with E-state index in [0.717, 1.165) is 15.7 Å². The SMILES string of the molecule is Cc1cc(C)c(/C(N)=N/O)c(Oc2cccc(Br)c2)n1. The quantitative estimate of drug-likeness (QED) is 0.390. The van der Waals surface area contributed by atoms with Crippen LogP contribution in [0.5, 0.6) is 11.6 Å². The molecule has 0 bridgehead atoms. The van der Waals surface area contributed by atoms with Crippen molar-refractivity contribution in [2.45, 2.75) is 13.8 Å². The molecule has 0 amide bonds. The minimum atomic E-state index is -0.0278. The fourth-order valence-electron chi connectivity index (χ4n) is 1.88. The number of nitrogens with zero attached hydrogens (tertiary/aromatic N) is 2. The van der Waals surface area contributed by atoms with Crippen LogP contribution in [0.25, 0.3) is 0 Å². The van der Waals surface area contributed by atoms with Gasteiger partial charge in [-0.25, -0.2) is 4.98 Å². The molecule has 0 saturated heterocycles. The summed E-state index contributed by atoms with van der Waals surface area (Å²) in [5.74, 6) is 0.903. The van der Waals surface area contributed by atoms with Crippen LogP contribution in [0, 0.1) is 13.8 Å². The van der Waals surface area contributed by atoms with Gasteiger partial charge >= 0.3 is 0 Å². The van der Waals surface area contributed by atoms with E-state index < -0.39 is 0 Å². The van der Waals surface area contributed by atoms with Crippen molar-refractivity contribution in [2.24, 2.45) is 10.9 Å². The molecule has 0 aliphatic rings. The first-order valence-corrected chi connectivity index (χ1v) is 6.70. The maximum absolute atomic E-state index is 8.89. The number of nitrogens with two attached hydrogens (primary N) is 1. The molecule has 2 aromatic rings. The summed E-state index contributed by atoms with van der Waals surface area (Å²) in [6, 6.07) is 9.22. The number of amidine groups is 1. The van der Waals surface area contributed by atoms with Crippen LogP contribution in [-0.4, -0.2) is 16.0 Å². The molecule has 1 aromatic heterocycles. The van der Waals surface area contributed by atoms with Crippen LogP contribution >= 0.6 is 15.9 Å². The predicted molar refractivity (Wildman–Crippen MR) is 80.4 cm³/mol. The standard InChI is InChI=1S/C14H14BrN3O2/c1-8-6-9(2)17-14(12(8)13(16)18-19)20-11-5-3-4-10(15)7-11/h3-7,19H,1-2H3,(H2,16,18). The van der Waals surface area contributed by atoms with E-state index in [-0.39, 0.29) is 5.84 Å². The van der Waals surface area contributed by atoms with Crippen LogP contribution in [0.3, 0.4) is 0 Å². The molecule has 0 radical (unpaired) electrons. The summed E-state index contributed by atoms with van der Waals surface area (Å²) in [5, 5.41) is 11.9. The van der Waals surface area contributed by atoms with Gasteiger partial charge < -0.3 is 15.7 Å². The van der Waals surface area contributed by atoms with Gasteiger partial charge in [-0.2, -0.15) is 0 Å². The number of rotatable bonds is 3. The number of pyridine rings is 1. The van der Waals surface area contributed by atoms with E-state index in [1.54, 1.807) is 6.07 Å². The first kappa shape index (κ1) is 14.3. The van der Waals surface area contributed by atoms with Gasteiger partial charge in [0.2, 0.25) is 5.88 Å². The first-order valence-electron chi connectivity index (χ1n) is 5.91. The van der Waals surface area contributed by atoms with Crippen LogP contribution in [0.2, 0.25) is 0 Å². The monoisotopic (exact) mass is 335 g/mol. The molecule has 0 saturated carbocycles. The summed E-state index contributed by atoms with van der Waals surface area (Å²) in [6.07, 6.45) is 0. The zero-order chi connectivity index (χ0) is 14.7. The second-order valence-electron chi connectivity index (χ2n) is 4.31. The molecule has 0 spiro atoms. The van der Waals surface area contributed by atoms with Crippen LogP contribution in [-0.2, 0) is 0 Å². The Kier molecular flexibility index (Phi) is 4.24. The van der Waals surface area contributed by atoms with Gasteiger partial charge in [0.05, 0.1) is 5.56 Å². The van der Waals surface area contributed by atoms with Crippen molar-refractivity contribution < 1.29 is 9.94 Å². The highest BCUT2D eigenvalue weighted by Gasteiger charge is 2.15. The average Bonchev–Trinajstić information content (AvgIpc) is 2.37. The molecule has 1 aromatic carbocycles. The van der Waals surface area contributed by atoms with Crippen molar-refractivity contribution in [3.8, 4) is 11.6 Å². The van der Waals surface area contributed by atoms with Gasteiger partial charge in [0.25, 0.3) is 0 Å². The third-order valence-corrected chi connectivity index (χ3v) is 3.18. The highest BCUT2D eigenvalue weighted by molar-refractivity contribution is 9.10. The molecule has 1 heterocycles. The molecule has 0 aliphatic heterocycles. The zero-order valence-corrected chi connectivity index (χ0v) is 12.7. The van der Waals surface area contributed by atoms with E-state index in [0.29, 0.717) is 17.2 Å². The molecule has 20 heavy (non-hydrogen) atoms. The number of halogens is 1. The van der Waals surface area contributed by atoms with Crippen molar-refractivity contribution in [3.05, 3.63) is 51.6 Å². The molecule has 104 valence electrons. The Morgan fingerprint density at radius 3 is 2.75 bits per heavy atom. The molecule has 3 N–H and O–H groups in total. The zero-order valence-electron chi connectivity index (χ0n) is 11.1. The second kappa shape index (κ2) is 5.92. The lowest BCUT2D eigenvalue weighted by Gasteiger charge is -2.12. The van der Waals surface area contributed by atoms with E-state index >= 15 is 0 Å². The number of aromatic nitrogens is 1. The lowest BCUT2D eigenvalue weighted by Crippen LogP contribution is -2.17. The van der Waals surface area contributed by atoms with Gasteiger partial charge in [-0.3, -0.25) is 0 Å². The number of hydrogen-bond donors (Lipinski definition) is 2.